The van der Waals surface area contributed by atoms with Crippen LogP contribution >= 0.6 is 0 Å². The minimum Gasteiger partial charge on any atom is -1.00 e. The Hall–Kier alpha value is -3.00. The van der Waals surface area contributed by atoms with Gasteiger partial charge in [-0.2, -0.15) is 4.57 Å². The number of halogens is 1. The summed E-state index contributed by atoms with van der Waals surface area (Å²) in [6, 6.07) is 18.0. The second-order valence-corrected chi connectivity index (χ2v) is 6.54. The monoisotopic (exact) mass is 498 g/mol. The summed E-state index contributed by atoms with van der Waals surface area (Å²) in [6.45, 7) is 1.97. The van der Waals surface area contributed by atoms with Gasteiger partial charge in [-0.25, -0.2) is 0 Å². The number of Topliss-reactive ketones (excluding diaryl/α,β-unsaturated/α-hetero) is 2. The minimum absolute atomic E-state index is 0. The van der Waals surface area contributed by atoms with Crippen molar-refractivity contribution in [3.8, 4) is 5.75 Å². The average molecular weight is 498 g/mol. The molecule has 6 heteroatoms. The van der Waals surface area contributed by atoms with Gasteiger partial charge < -0.3 is 34.0 Å². The molecule has 0 saturated carbocycles. The van der Waals surface area contributed by atoms with Gasteiger partial charge in [-0.05, 0) is 24.6 Å². The number of carbonyl (C=O) groups is 2. The molecule has 1 aliphatic carbocycles. The Labute approximate surface area is 186 Å². The molecule has 0 atom stereocenters. The predicted octanol–water partition coefficient (Wildman–Crippen LogP) is 0.655. The van der Waals surface area contributed by atoms with Crippen LogP contribution in [-0.2, 0) is 0 Å². The topological polar surface area (TPSA) is 59.3 Å². The van der Waals surface area contributed by atoms with Crippen molar-refractivity contribution in [1.82, 2.24) is 0 Å². The summed E-state index contributed by atoms with van der Waals surface area (Å²) >= 11 is 0. The first-order valence-electron chi connectivity index (χ1n) is 8.91. The molecule has 0 fully saturated rings. The molecule has 5 nitrogen and oxygen atoms in total. The first kappa shape index (κ1) is 20.7. The number of methoxy groups -OCH3 is 1. The van der Waals surface area contributed by atoms with Crippen LogP contribution in [0, 0.1) is 6.92 Å². The van der Waals surface area contributed by atoms with Crippen molar-refractivity contribution >= 4 is 23.0 Å². The molecule has 146 valence electrons. The molecule has 0 spiro atoms. The van der Waals surface area contributed by atoms with Crippen LogP contribution in [0.1, 0.15) is 26.3 Å². The molecule has 0 bridgehead atoms. The SMILES string of the molecule is COc1ccccc1NC1=C([n+]2ccc(C)cc2)C(=O)c2ccccc2C1=O.[I-]. The third-order valence-electron chi connectivity index (χ3n) is 4.72. The third-order valence-corrected chi connectivity index (χ3v) is 4.72. The highest BCUT2D eigenvalue weighted by Crippen LogP contribution is 2.31. The number of hydrogen-bond acceptors (Lipinski definition) is 4. The summed E-state index contributed by atoms with van der Waals surface area (Å²) in [5.41, 5.74) is 2.98. The van der Waals surface area contributed by atoms with E-state index in [1.165, 1.54) is 0 Å². The van der Waals surface area contributed by atoms with Crippen LogP contribution in [0.2, 0.25) is 0 Å². The lowest BCUT2D eigenvalue weighted by Gasteiger charge is -2.19. The van der Waals surface area contributed by atoms with E-state index in [0.717, 1.165) is 5.56 Å². The first-order valence-corrected chi connectivity index (χ1v) is 8.91. The number of rotatable bonds is 4. The Morgan fingerprint density at radius 1 is 0.828 bits per heavy atom. The highest BCUT2D eigenvalue weighted by atomic mass is 127. The summed E-state index contributed by atoms with van der Waals surface area (Å²) < 4.78 is 7.07. The molecule has 1 heterocycles. The lowest BCUT2D eigenvalue weighted by atomic mass is 9.90. The van der Waals surface area contributed by atoms with Crippen LogP contribution in [0.4, 0.5) is 5.69 Å². The molecular weight excluding hydrogens is 479 g/mol. The van der Waals surface area contributed by atoms with Crippen LogP contribution < -0.4 is 38.6 Å². The van der Waals surface area contributed by atoms with Gasteiger partial charge in [0.2, 0.25) is 5.78 Å². The average Bonchev–Trinajstić information content (AvgIpc) is 2.73. The maximum atomic E-state index is 13.3. The molecule has 0 aliphatic heterocycles. The van der Waals surface area contributed by atoms with E-state index >= 15 is 0 Å². The number of ketones is 2. The number of pyridine rings is 1. The van der Waals surface area contributed by atoms with Crippen molar-refractivity contribution in [3.05, 3.63) is 95.4 Å². The van der Waals surface area contributed by atoms with Crippen molar-refractivity contribution < 1.29 is 42.9 Å². The van der Waals surface area contributed by atoms with Crippen LogP contribution in [-0.4, -0.2) is 18.7 Å². The fourth-order valence-corrected chi connectivity index (χ4v) is 3.26. The van der Waals surface area contributed by atoms with E-state index in [2.05, 4.69) is 5.32 Å². The Morgan fingerprint density at radius 2 is 1.41 bits per heavy atom. The molecule has 0 radical (unpaired) electrons. The van der Waals surface area contributed by atoms with Crippen LogP contribution in [0.25, 0.3) is 5.70 Å². The van der Waals surface area contributed by atoms with Gasteiger partial charge in [0.1, 0.15) is 5.75 Å². The third kappa shape index (κ3) is 3.80. The highest BCUT2D eigenvalue weighted by molar-refractivity contribution is 6.36. The molecular formula is C23H19IN2O3. The van der Waals surface area contributed by atoms with Gasteiger partial charge in [0.05, 0.1) is 12.8 Å². The maximum Gasteiger partial charge on any atom is 0.286 e. The number of ether oxygens (including phenoxy) is 1. The smallest absolute Gasteiger partial charge is 0.286 e. The second kappa shape index (κ2) is 8.57. The number of aryl methyl sites for hydroxylation is 1. The summed E-state index contributed by atoms with van der Waals surface area (Å²) in [5.74, 6) is 0.146. The normalized spacial score (nSPS) is 12.9. The fraction of sp³-hybridized carbons (Fsp3) is 0.0870. The molecule has 29 heavy (non-hydrogen) atoms. The highest BCUT2D eigenvalue weighted by Gasteiger charge is 2.38. The largest absolute Gasteiger partial charge is 1.00 e. The number of aromatic nitrogens is 1. The molecule has 4 rings (SSSR count). The Balaban J connectivity index is 0.00000240. The zero-order valence-electron chi connectivity index (χ0n) is 16.0. The van der Waals surface area contributed by atoms with Crippen LogP contribution in [0.3, 0.4) is 0 Å². The van der Waals surface area contributed by atoms with Gasteiger partial charge in [-0.15, -0.1) is 0 Å². The Kier molecular flexibility index (Phi) is 6.12. The van der Waals surface area contributed by atoms with E-state index in [1.807, 2.05) is 37.3 Å². The number of para-hydroxylation sites is 2. The summed E-state index contributed by atoms with van der Waals surface area (Å²) in [4.78, 5) is 26.6. The molecule has 0 amide bonds. The van der Waals surface area contributed by atoms with E-state index in [1.54, 1.807) is 54.4 Å². The number of nitrogens with zero attached hydrogens (tertiary/aromatic N) is 1. The molecule has 3 aromatic rings. The van der Waals surface area contributed by atoms with Gasteiger partial charge in [0.15, 0.2) is 18.1 Å². The summed E-state index contributed by atoms with van der Waals surface area (Å²) in [6.07, 6.45) is 3.57. The maximum absolute atomic E-state index is 13.3. The number of nitrogens with one attached hydrogen (secondary N) is 1. The van der Waals surface area contributed by atoms with E-state index < -0.39 is 0 Å². The number of hydrogen-bond donors (Lipinski definition) is 1. The predicted molar refractivity (Wildman–Crippen MR) is 106 cm³/mol. The number of allylic oxidation sites excluding steroid dienone is 2. The lowest BCUT2D eigenvalue weighted by Crippen LogP contribution is -3.00. The molecule has 0 saturated heterocycles. The van der Waals surface area contributed by atoms with E-state index in [4.69, 9.17) is 4.74 Å². The zero-order chi connectivity index (χ0) is 19.7. The fourth-order valence-electron chi connectivity index (χ4n) is 3.26. The Bertz CT molecular complexity index is 1120. The Morgan fingerprint density at radius 3 is 2.07 bits per heavy atom. The standard InChI is InChI=1S/C23H18N2O3.HI/c1-15-11-13-25(14-12-15)21-20(24-18-9-5-6-10-19(18)28-2)22(26)16-7-3-4-8-17(16)23(21)27;/h3-14H,1-2H3;1H. The molecule has 1 aromatic heterocycles. The van der Waals surface area contributed by atoms with Gasteiger partial charge in [0.25, 0.3) is 11.5 Å². The first-order chi connectivity index (χ1) is 13.6. The number of benzene rings is 2. The van der Waals surface area contributed by atoms with Crippen molar-refractivity contribution in [1.29, 1.82) is 0 Å². The molecule has 1 N–H and O–H groups in total. The molecule has 1 aliphatic rings. The van der Waals surface area contributed by atoms with Crippen LogP contribution in [0.15, 0.2) is 78.8 Å². The zero-order valence-corrected chi connectivity index (χ0v) is 18.1. The minimum atomic E-state index is -0.232. The van der Waals surface area contributed by atoms with Gasteiger partial charge in [-0.1, -0.05) is 36.4 Å². The molecule has 0 unspecified atom stereocenters. The van der Waals surface area contributed by atoms with Crippen molar-refractivity contribution in [2.75, 3.05) is 12.4 Å². The number of fused-ring (bicyclic) bond motifs is 1. The lowest BCUT2D eigenvalue weighted by molar-refractivity contribution is -0.577. The van der Waals surface area contributed by atoms with E-state index in [0.29, 0.717) is 22.6 Å². The summed E-state index contributed by atoms with van der Waals surface area (Å²) in [7, 11) is 1.56. The van der Waals surface area contributed by atoms with E-state index in [-0.39, 0.29) is 46.9 Å². The van der Waals surface area contributed by atoms with Crippen molar-refractivity contribution in [2.45, 2.75) is 6.92 Å². The number of carbonyl (C=O) groups excluding carboxylic acids is 2. The van der Waals surface area contributed by atoms with E-state index in [9.17, 15) is 9.59 Å². The van der Waals surface area contributed by atoms with Gasteiger partial charge in [0, 0.05) is 23.3 Å². The van der Waals surface area contributed by atoms with Gasteiger partial charge in [-0.3, -0.25) is 9.59 Å². The second-order valence-electron chi connectivity index (χ2n) is 6.54. The quantitative estimate of drug-likeness (QED) is 0.425. The van der Waals surface area contributed by atoms with Crippen molar-refractivity contribution in [3.63, 3.8) is 0 Å². The van der Waals surface area contributed by atoms with Gasteiger partial charge >= 0.3 is 0 Å². The summed E-state index contributed by atoms with van der Waals surface area (Å²) in [5, 5.41) is 3.15. The number of anilines is 1. The van der Waals surface area contributed by atoms with Crippen LogP contribution in [0.5, 0.6) is 5.75 Å². The van der Waals surface area contributed by atoms with Crippen molar-refractivity contribution in [2.24, 2.45) is 0 Å². The molecule has 2 aromatic carbocycles.